The Balaban J connectivity index is 1.83. The minimum Gasteiger partial charge on any atom is -0.339 e. The van der Waals surface area contributed by atoms with Crippen LogP contribution in [0.2, 0.25) is 0 Å². The first-order chi connectivity index (χ1) is 13.1. The van der Waals surface area contributed by atoms with Gasteiger partial charge in [-0.1, -0.05) is 42.5 Å². The zero-order valence-corrected chi connectivity index (χ0v) is 15.7. The van der Waals surface area contributed by atoms with Crippen LogP contribution >= 0.6 is 0 Å². The molecule has 140 valence electrons. The van der Waals surface area contributed by atoms with Crippen LogP contribution in [-0.2, 0) is 24.3 Å². The standard InChI is InChI=1S/C22H24FN3O/c1-3-26-20(13-14-24-26)16-25(2)22(27)21(18-7-5-4-6-8-18)15-17-9-11-19(23)12-10-17/h4-14,21H,3,15-16H2,1-2H3. The molecule has 3 aromatic rings. The Morgan fingerprint density at radius 3 is 2.48 bits per heavy atom. The number of rotatable bonds is 7. The summed E-state index contributed by atoms with van der Waals surface area (Å²) in [5.41, 5.74) is 2.90. The summed E-state index contributed by atoms with van der Waals surface area (Å²) in [6.45, 7) is 3.29. The van der Waals surface area contributed by atoms with E-state index in [2.05, 4.69) is 5.10 Å². The van der Waals surface area contributed by atoms with Crippen molar-refractivity contribution in [3.05, 3.63) is 89.5 Å². The molecule has 1 heterocycles. The van der Waals surface area contributed by atoms with E-state index in [1.165, 1.54) is 12.1 Å². The molecule has 0 fully saturated rings. The molecule has 0 spiro atoms. The van der Waals surface area contributed by atoms with Crippen molar-refractivity contribution >= 4 is 5.91 Å². The number of hydrogen-bond acceptors (Lipinski definition) is 2. The number of hydrogen-bond donors (Lipinski definition) is 0. The van der Waals surface area contributed by atoms with Crippen LogP contribution in [0.1, 0.15) is 29.7 Å². The Kier molecular flexibility index (Phi) is 6.01. The molecule has 0 aliphatic heterocycles. The molecule has 1 aromatic heterocycles. The van der Waals surface area contributed by atoms with Gasteiger partial charge in [-0.15, -0.1) is 0 Å². The molecule has 5 heteroatoms. The summed E-state index contributed by atoms with van der Waals surface area (Å²) in [6, 6.07) is 18.0. The van der Waals surface area contributed by atoms with Gasteiger partial charge in [-0.05, 0) is 42.7 Å². The molecule has 1 atom stereocenters. The Bertz CT molecular complexity index is 874. The van der Waals surface area contributed by atoms with Crippen molar-refractivity contribution in [2.24, 2.45) is 0 Å². The van der Waals surface area contributed by atoms with Crippen LogP contribution in [0.4, 0.5) is 4.39 Å². The highest BCUT2D eigenvalue weighted by Gasteiger charge is 2.25. The van der Waals surface area contributed by atoms with Crippen LogP contribution < -0.4 is 0 Å². The lowest BCUT2D eigenvalue weighted by atomic mass is 9.90. The molecule has 27 heavy (non-hydrogen) atoms. The van der Waals surface area contributed by atoms with Crippen molar-refractivity contribution in [3.63, 3.8) is 0 Å². The number of carbonyl (C=O) groups excluding carboxylic acids is 1. The van der Waals surface area contributed by atoms with E-state index in [9.17, 15) is 9.18 Å². The number of benzene rings is 2. The quantitative estimate of drug-likeness (QED) is 0.634. The number of amides is 1. The largest absolute Gasteiger partial charge is 0.339 e. The maximum atomic E-state index is 13.3. The van der Waals surface area contributed by atoms with Crippen LogP contribution in [0.15, 0.2) is 66.9 Å². The first-order valence-corrected chi connectivity index (χ1v) is 9.13. The third kappa shape index (κ3) is 4.61. The number of aryl methyl sites for hydroxylation is 1. The molecular weight excluding hydrogens is 341 g/mol. The van der Waals surface area contributed by atoms with Gasteiger partial charge in [-0.3, -0.25) is 9.48 Å². The second kappa shape index (κ2) is 8.62. The summed E-state index contributed by atoms with van der Waals surface area (Å²) in [5.74, 6) is -0.555. The van der Waals surface area contributed by atoms with Gasteiger partial charge in [0.2, 0.25) is 5.91 Å². The molecule has 0 aliphatic carbocycles. The highest BCUT2D eigenvalue weighted by atomic mass is 19.1. The molecule has 0 bridgehead atoms. The summed E-state index contributed by atoms with van der Waals surface area (Å²) in [5, 5.41) is 4.27. The van der Waals surface area contributed by atoms with Gasteiger partial charge in [-0.2, -0.15) is 5.10 Å². The van der Waals surface area contributed by atoms with Crippen LogP contribution in [0.25, 0.3) is 0 Å². The van der Waals surface area contributed by atoms with Crippen LogP contribution in [0.5, 0.6) is 0 Å². The number of halogens is 1. The topological polar surface area (TPSA) is 38.1 Å². The van der Waals surface area contributed by atoms with E-state index in [-0.39, 0.29) is 17.6 Å². The Hall–Kier alpha value is -2.95. The molecule has 0 saturated carbocycles. The fourth-order valence-corrected chi connectivity index (χ4v) is 3.26. The minimum atomic E-state index is -0.320. The Morgan fingerprint density at radius 2 is 1.81 bits per heavy atom. The SMILES string of the molecule is CCn1nccc1CN(C)C(=O)C(Cc1ccc(F)cc1)c1ccccc1. The van der Waals surface area contributed by atoms with E-state index in [1.54, 1.807) is 23.2 Å². The number of likely N-dealkylation sites (N-methyl/N-ethyl adjacent to an activating group) is 1. The van der Waals surface area contributed by atoms with E-state index in [4.69, 9.17) is 0 Å². The Morgan fingerprint density at radius 1 is 1.11 bits per heavy atom. The van der Waals surface area contributed by atoms with E-state index >= 15 is 0 Å². The predicted molar refractivity (Wildman–Crippen MR) is 104 cm³/mol. The Labute approximate surface area is 159 Å². The van der Waals surface area contributed by atoms with Gasteiger partial charge in [0.25, 0.3) is 0 Å². The summed E-state index contributed by atoms with van der Waals surface area (Å²) in [7, 11) is 1.82. The van der Waals surface area contributed by atoms with Gasteiger partial charge in [0.15, 0.2) is 0 Å². The average Bonchev–Trinajstić information content (AvgIpc) is 3.14. The smallest absolute Gasteiger partial charge is 0.230 e. The third-order valence-corrected chi connectivity index (χ3v) is 4.73. The van der Waals surface area contributed by atoms with E-state index in [1.807, 2.05) is 55.1 Å². The molecule has 0 aliphatic rings. The lowest BCUT2D eigenvalue weighted by Gasteiger charge is -2.24. The predicted octanol–water partition coefficient (Wildman–Crippen LogP) is 4.03. The lowest BCUT2D eigenvalue weighted by Crippen LogP contribution is -2.33. The van der Waals surface area contributed by atoms with Gasteiger partial charge in [-0.25, -0.2) is 4.39 Å². The fourth-order valence-electron chi connectivity index (χ4n) is 3.26. The summed E-state index contributed by atoms with van der Waals surface area (Å²) in [6.07, 6.45) is 2.28. The highest BCUT2D eigenvalue weighted by Crippen LogP contribution is 2.24. The maximum absolute atomic E-state index is 13.3. The molecule has 0 radical (unpaired) electrons. The lowest BCUT2D eigenvalue weighted by molar-refractivity contribution is -0.132. The van der Waals surface area contributed by atoms with Crippen LogP contribution in [0.3, 0.4) is 0 Å². The second-order valence-corrected chi connectivity index (χ2v) is 6.63. The van der Waals surface area contributed by atoms with Crippen LogP contribution in [-0.4, -0.2) is 27.6 Å². The van der Waals surface area contributed by atoms with Crippen molar-refractivity contribution in [1.29, 1.82) is 0 Å². The maximum Gasteiger partial charge on any atom is 0.230 e. The molecule has 0 N–H and O–H groups in total. The molecule has 4 nitrogen and oxygen atoms in total. The van der Waals surface area contributed by atoms with Crippen molar-refractivity contribution in [2.75, 3.05) is 7.05 Å². The molecule has 0 saturated heterocycles. The fraction of sp³-hybridized carbons (Fsp3) is 0.273. The molecule has 1 amide bonds. The van der Waals surface area contributed by atoms with Gasteiger partial charge in [0, 0.05) is 19.8 Å². The van der Waals surface area contributed by atoms with Crippen LogP contribution in [0, 0.1) is 5.82 Å². The van der Waals surface area contributed by atoms with E-state index in [0.717, 1.165) is 23.4 Å². The summed E-state index contributed by atoms with van der Waals surface area (Å²) >= 11 is 0. The summed E-state index contributed by atoms with van der Waals surface area (Å²) in [4.78, 5) is 15.0. The van der Waals surface area contributed by atoms with Gasteiger partial charge in [0.05, 0.1) is 18.2 Å². The number of nitrogens with zero attached hydrogens (tertiary/aromatic N) is 3. The zero-order valence-electron chi connectivity index (χ0n) is 15.7. The third-order valence-electron chi connectivity index (χ3n) is 4.73. The molecular formula is C22H24FN3O. The van der Waals surface area contributed by atoms with Crippen molar-refractivity contribution in [1.82, 2.24) is 14.7 Å². The zero-order chi connectivity index (χ0) is 19.2. The molecule has 2 aromatic carbocycles. The number of aromatic nitrogens is 2. The van der Waals surface area contributed by atoms with Gasteiger partial charge >= 0.3 is 0 Å². The van der Waals surface area contributed by atoms with Crippen molar-refractivity contribution in [3.8, 4) is 0 Å². The van der Waals surface area contributed by atoms with Gasteiger partial charge in [0.1, 0.15) is 5.82 Å². The highest BCUT2D eigenvalue weighted by molar-refractivity contribution is 5.83. The summed E-state index contributed by atoms with van der Waals surface area (Å²) < 4.78 is 15.1. The first kappa shape index (κ1) is 18.8. The van der Waals surface area contributed by atoms with E-state index < -0.39 is 0 Å². The minimum absolute atomic E-state index is 0.0365. The monoisotopic (exact) mass is 365 g/mol. The number of carbonyl (C=O) groups is 1. The molecule has 1 unspecified atom stereocenters. The first-order valence-electron chi connectivity index (χ1n) is 9.13. The normalized spacial score (nSPS) is 12.0. The molecule has 3 rings (SSSR count). The van der Waals surface area contributed by atoms with Gasteiger partial charge < -0.3 is 4.90 Å². The second-order valence-electron chi connectivity index (χ2n) is 6.63. The van der Waals surface area contributed by atoms with Crippen molar-refractivity contribution < 1.29 is 9.18 Å². The van der Waals surface area contributed by atoms with Crippen molar-refractivity contribution in [2.45, 2.75) is 32.4 Å². The van der Waals surface area contributed by atoms with E-state index in [0.29, 0.717) is 13.0 Å². The average molecular weight is 365 g/mol.